The quantitative estimate of drug-likeness (QED) is 0.496. The summed E-state index contributed by atoms with van der Waals surface area (Å²) in [6.07, 6.45) is 2.26. The van der Waals surface area contributed by atoms with E-state index in [2.05, 4.69) is 28.5 Å². The summed E-state index contributed by atoms with van der Waals surface area (Å²) in [7, 11) is 0. The largest absolute Gasteiger partial charge is 0.360 e. The highest BCUT2D eigenvalue weighted by Crippen LogP contribution is 2.40. The van der Waals surface area contributed by atoms with Crippen LogP contribution in [0.15, 0.2) is 77.7 Å². The highest BCUT2D eigenvalue weighted by molar-refractivity contribution is 6.06. The van der Waals surface area contributed by atoms with Gasteiger partial charge in [0, 0.05) is 29.2 Å². The summed E-state index contributed by atoms with van der Waals surface area (Å²) < 4.78 is 0. The molecule has 0 saturated carbocycles. The van der Waals surface area contributed by atoms with Gasteiger partial charge in [-0.1, -0.05) is 48.5 Å². The number of amides is 1. The zero-order valence-electron chi connectivity index (χ0n) is 14.5. The molecule has 1 aliphatic rings. The fraction of sp³-hybridized carbons (Fsp3) is 0.0435. The van der Waals surface area contributed by atoms with Gasteiger partial charge in [0.1, 0.15) is 5.56 Å². The van der Waals surface area contributed by atoms with Crippen LogP contribution in [0.1, 0.15) is 21.5 Å². The third kappa shape index (κ3) is 2.46. The number of hydrogen-bond donors (Lipinski definition) is 2. The summed E-state index contributed by atoms with van der Waals surface area (Å²) in [5, 5.41) is 3.45. The monoisotopic (exact) mass is 352 g/mol. The van der Waals surface area contributed by atoms with Crippen LogP contribution in [-0.4, -0.2) is 10.9 Å². The Balaban J connectivity index is 1.53. The number of carbonyl (C=O) groups is 1. The number of benzene rings is 3. The van der Waals surface area contributed by atoms with E-state index < -0.39 is 5.91 Å². The summed E-state index contributed by atoms with van der Waals surface area (Å²) >= 11 is 0. The molecule has 1 aromatic heterocycles. The molecular weight excluding hydrogens is 336 g/mol. The van der Waals surface area contributed by atoms with Crippen LogP contribution in [0.2, 0.25) is 0 Å². The van der Waals surface area contributed by atoms with Crippen LogP contribution >= 0.6 is 0 Å². The van der Waals surface area contributed by atoms with Crippen LogP contribution in [0.4, 0.5) is 5.69 Å². The lowest BCUT2D eigenvalue weighted by Crippen LogP contribution is -2.22. The van der Waals surface area contributed by atoms with Crippen LogP contribution in [-0.2, 0) is 6.42 Å². The van der Waals surface area contributed by atoms with Gasteiger partial charge >= 0.3 is 0 Å². The lowest BCUT2D eigenvalue weighted by molar-refractivity contribution is 0.102. The number of hydrogen-bond acceptors (Lipinski definition) is 2. The van der Waals surface area contributed by atoms with Gasteiger partial charge in [0.15, 0.2) is 0 Å². The SMILES string of the molecule is O=C(Nc1cccc2c1Cc1ccccc1-2)c1c[nH]c2ccccc2c1=O. The summed E-state index contributed by atoms with van der Waals surface area (Å²) in [4.78, 5) is 28.5. The van der Waals surface area contributed by atoms with Gasteiger partial charge in [-0.25, -0.2) is 0 Å². The number of carbonyl (C=O) groups excluding carboxylic acids is 1. The van der Waals surface area contributed by atoms with Crippen molar-refractivity contribution in [2.24, 2.45) is 0 Å². The molecule has 0 unspecified atom stereocenters. The number of rotatable bonds is 2. The first-order valence-corrected chi connectivity index (χ1v) is 8.84. The first-order valence-electron chi connectivity index (χ1n) is 8.84. The topological polar surface area (TPSA) is 62.0 Å². The van der Waals surface area contributed by atoms with Crippen LogP contribution in [0.25, 0.3) is 22.0 Å². The van der Waals surface area contributed by atoms with E-state index in [9.17, 15) is 9.59 Å². The normalized spacial score (nSPS) is 11.9. The molecule has 0 spiro atoms. The lowest BCUT2D eigenvalue weighted by Gasteiger charge is -2.10. The Bertz CT molecular complexity index is 1270. The number of H-pyrrole nitrogens is 1. The van der Waals surface area contributed by atoms with Crippen molar-refractivity contribution in [3.8, 4) is 11.1 Å². The van der Waals surface area contributed by atoms with E-state index in [1.54, 1.807) is 12.1 Å². The van der Waals surface area contributed by atoms with E-state index in [0.717, 1.165) is 28.8 Å². The molecule has 4 aromatic rings. The minimum absolute atomic E-state index is 0.113. The average molecular weight is 352 g/mol. The smallest absolute Gasteiger partial charge is 0.261 e. The van der Waals surface area contributed by atoms with Gasteiger partial charge in [-0.3, -0.25) is 9.59 Å². The van der Waals surface area contributed by atoms with Crippen molar-refractivity contribution in [3.05, 3.63) is 99.8 Å². The van der Waals surface area contributed by atoms with Gasteiger partial charge in [0.05, 0.1) is 0 Å². The van der Waals surface area contributed by atoms with E-state index in [1.807, 2.05) is 36.4 Å². The lowest BCUT2D eigenvalue weighted by atomic mass is 10.0. The molecule has 0 saturated heterocycles. The molecule has 4 nitrogen and oxygen atoms in total. The molecule has 1 aliphatic carbocycles. The molecule has 5 rings (SSSR count). The average Bonchev–Trinajstić information content (AvgIpc) is 3.08. The van der Waals surface area contributed by atoms with Crippen molar-refractivity contribution in [2.45, 2.75) is 6.42 Å². The van der Waals surface area contributed by atoms with Gasteiger partial charge in [-0.15, -0.1) is 0 Å². The summed E-state index contributed by atoms with van der Waals surface area (Å²) in [6.45, 7) is 0. The third-order valence-corrected chi connectivity index (χ3v) is 5.13. The fourth-order valence-corrected chi connectivity index (χ4v) is 3.80. The van der Waals surface area contributed by atoms with E-state index in [4.69, 9.17) is 0 Å². The number of pyridine rings is 1. The standard InChI is InChI=1S/C23H16N2O2/c26-22-17-8-3-4-10-20(17)24-13-19(22)23(27)25-21-11-5-9-16-15-7-2-1-6-14(15)12-18(16)21/h1-11,13H,12H2,(H,24,26)(H,25,27). The van der Waals surface area contributed by atoms with Gasteiger partial charge < -0.3 is 10.3 Å². The molecule has 0 radical (unpaired) electrons. The van der Waals surface area contributed by atoms with Crippen LogP contribution in [0.3, 0.4) is 0 Å². The number of fused-ring (bicyclic) bond motifs is 4. The zero-order valence-corrected chi connectivity index (χ0v) is 14.5. The third-order valence-electron chi connectivity index (χ3n) is 5.13. The van der Waals surface area contributed by atoms with Crippen LogP contribution < -0.4 is 10.7 Å². The predicted octanol–water partition coefficient (Wildman–Crippen LogP) is 4.35. The Kier molecular flexibility index (Phi) is 3.44. The summed E-state index contributed by atoms with van der Waals surface area (Å²) in [5.74, 6) is -0.397. The number of aromatic nitrogens is 1. The predicted molar refractivity (Wildman–Crippen MR) is 107 cm³/mol. The van der Waals surface area contributed by atoms with E-state index in [0.29, 0.717) is 5.39 Å². The number of anilines is 1. The first kappa shape index (κ1) is 15.6. The summed E-state index contributed by atoms with van der Waals surface area (Å²) in [6, 6.07) is 21.3. The highest BCUT2D eigenvalue weighted by atomic mass is 16.2. The molecule has 0 aliphatic heterocycles. The van der Waals surface area contributed by atoms with Crippen molar-refractivity contribution in [1.82, 2.24) is 4.98 Å². The molecule has 0 bridgehead atoms. The molecule has 0 fully saturated rings. The maximum Gasteiger partial charge on any atom is 0.261 e. The molecule has 27 heavy (non-hydrogen) atoms. The molecule has 2 N–H and O–H groups in total. The number of aromatic amines is 1. The van der Waals surface area contributed by atoms with E-state index in [1.165, 1.54) is 17.3 Å². The van der Waals surface area contributed by atoms with E-state index in [-0.39, 0.29) is 11.0 Å². The Morgan fingerprint density at radius 3 is 2.59 bits per heavy atom. The maximum absolute atomic E-state index is 12.8. The van der Waals surface area contributed by atoms with Crippen molar-refractivity contribution >= 4 is 22.5 Å². The fourth-order valence-electron chi connectivity index (χ4n) is 3.80. The molecule has 3 aromatic carbocycles. The van der Waals surface area contributed by atoms with Gasteiger partial charge in [-0.05, 0) is 40.5 Å². The first-order chi connectivity index (χ1) is 13.2. The molecule has 130 valence electrons. The van der Waals surface area contributed by atoms with Gasteiger partial charge in [0.2, 0.25) is 5.43 Å². The number of nitrogens with one attached hydrogen (secondary N) is 2. The van der Waals surface area contributed by atoms with Crippen molar-refractivity contribution in [3.63, 3.8) is 0 Å². The Morgan fingerprint density at radius 2 is 1.67 bits per heavy atom. The Morgan fingerprint density at radius 1 is 0.889 bits per heavy atom. The Hall–Kier alpha value is -3.66. The van der Waals surface area contributed by atoms with Crippen molar-refractivity contribution < 1.29 is 4.79 Å². The highest BCUT2D eigenvalue weighted by Gasteiger charge is 2.22. The molecule has 1 heterocycles. The molecular formula is C23H16N2O2. The minimum atomic E-state index is -0.397. The summed E-state index contributed by atoms with van der Waals surface area (Å²) in [5.41, 5.74) is 5.99. The molecule has 4 heteroatoms. The molecule has 1 amide bonds. The van der Waals surface area contributed by atoms with Crippen LogP contribution in [0, 0.1) is 0 Å². The second-order valence-corrected chi connectivity index (χ2v) is 6.70. The van der Waals surface area contributed by atoms with Gasteiger partial charge in [-0.2, -0.15) is 0 Å². The molecule has 0 atom stereocenters. The Labute approximate surface area is 155 Å². The van der Waals surface area contributed by atoms with E-state index >= 15 is 0 Å². The van der Waals surface area contributed by atoms with Crippen LogP contribution in [0.5, 0.6) is 0 Å². The number of para-hydroxylation sites is 1. The maximum atomic E-state index is 12.8. The second kappa shape index (κ2) is 5.95. The minimum Gasteiger partial charge on any atom is -0.360 e. The van der Waals surface area contributed by atoms with Gasteiger partial charge in [0.25, 0.3) is 5.91 Å². The zero-order chi connectivity index (χ0) is 18.4. The van der Waals surface area contributed by atoms with Crippen molar-refractivity contribution in [2.75, 3.05) is 5.32 Å². The second-order valence-electron chi connectivity index (χ2n) is 6.70. The van der Waals surface area contributed by atoms with Crippen molar-refractivity contribution in [1.29, 1.82) is 0 Å².